The Labute approximate surface area is 148 Å². The third-order valence-corrected chi connectivity index (χ3v) is 4.04. The average molecular weight is 394 g/mol. The smallest absolute Gasteiger partial charge is 0.275 e. The number of nitrogens with one attached hydrogen (secondary N) is 1. The van der Waals surface area contributed by atoms with Crippen LogP contribution in [0.25, 0.3) is 5.69 Å². The first-order valence-electron chi connectivity index (χ1n) is 7.90. The molecule has 2 aromatic rings. The molecule has 0 saturated carbocycles. The van der Waals surface area contributed by atoms with Crippen molar-refractivity contribution in [2.24, 2.45) is 0 Å². The third-order valence-electron chi connectivity index (χ3n) is 3.51. The Bertz CT molecular complexity index is 757. The molecule has 128 valence electrons. The minimum atomic E-state index is -0.505. The summed E-state index contributed by atoms with van der Waals surface area (Å²) in [5, 5.41) is 16.6. The Morgan fingerprint density at radius 3 is 2.62 bits per heavy atom. The Balaban J connectivity index is 2.18. The number of carbonyl (C=O) groups is 1. The van der Waals surface area contributed by atoms with E-state index in [0.717, 1.165) is 40.9 Å². The summed E-state index contributed by atoms with van der Waals surface area (Å²) in [4.78, 5) is 24.2. The van der Waals surface area contributed by atoms with Crippen LogP contribution < -0.4 is 10.9 Å². The SMILES string of the molecule is CCCCCCNC(=O)c1nn(-c2ccc(Br)cc2)c(=O)cc1O. The van der Waals surface area contributed by atoms with Crippen molar-refractivity contribution in [1.29, 1.82) is 0 Å². The van der Waals surface area contributed by atoms with Crippen LogP contribution in [-0.2, 0) is 0 Å². The third kappa shape index (κ3) is 4.67. The molecule has 0 aliphatic rings. The lowest BCUT2D eigenvalue weighted by Crippen LogP contribution is -2.29. The van der Waals surface area contributed by atoms with Gasteiger partial charge in [-0.1, -0.05) is 42.1 Å². The first kappa shape index (κ1) is 18.2. The van der Waals surface area contributed by atoms with Crippen LogP contribution in [0.1, 0.15) is 43.1 Å². The molecule has 7 heteroatoms. The molecule has 24 heavy (non-hydrogen) atoms. The monoisotopic (exact) mass is 393 g/mol. The highest BCUT2D eigenvalue weighted by atomic mass is 79.9. The van der Waals surface area contributed by atoms with Gasteiger partial charge in [0.1, 0.15) is 0 Å². The number of aromatic hydroxyl groups is 1. The maximum absolute atomic E-state index is 12.2. The lowest BCUT2D eigenvalue weighted by Gasteiger charge is -2.09. The second kappa shape index (κ2) is 8.63. The summed E-state index contributed by atoms with van der Waals surface area (Å²) in [7, 11) is 0. The Morgan fingerprint density at radius 1 is 1.25 bits per heavy atom. The van der Waals surface area contributed by atoms with Crippen molar-refractivity contribution in [2.75, 3.05) is 6.54 Å². The van der Waals surface area contributed by atoms with Gasteiger partial charge in [-0.3, -0.25) is 9.59 Å². The average Bonchev–Trinajstić information content (AvgIpc) is 2.55. The fourth-order valence-electron chi connectivity index (χ4n) is 2.21. The van der Waals surface area contributed by atoms with Gasteiger partial charge >= 0.3 is 0 Å². The van der Waals surface area contributed by atoms with E-state index in [2.05, 4.69) is 33.3 Å². The molecule has 2 N–H and O–H groups in total. The molecule has 0 spiro atoms. The zero-order valence-corrected chi connectivity index (χ0v) is 15.0. The molecule has 1 aromatic heterocycles. The van der Waals surface area contributed by atoms with E-state index >= 15 is 0 Å². The van der Waals surface area contributed by atoms with Gasteiger partial charge in [-0.15, -0.1) is 0 Å². The van der Waals surface area contributed by atoms with Crippen LogP contribution in [0, 0.1) is 0 Å². The van der Waals surface area contributed by atoms with Crippen molar-refractivity contribution < 1.29 is 9.90 Å². The number of aromatic nitrogens is 2. The second-order valence-electron chi connectivity index (χ2n) is 5.42. The van der Waals surface area contributed by atoms with E-state index in [9.17, 15) is 14.7 Å². The number of benzene rings is 1. The van der Waals surface area contributed by atoms with E-state index in [4.69, 9.17) is 0 Å². The van der Waals surface area contributed by atoms with Crippen LogP contribution in [0.2, 0.25) is 0 Å². The van der Waals surface area contributed by atoms with Gasteiger partial charge in [-0.05, 0) is 30.7 Å². The summed E-state index contributed by atoms with van der Waals surface area (Å²) in [5.41, 5.74) is -0.150. The zero-order valence-electron chi connectivity index (χ0n) is 13.5. The number of nitrogens with zero attached hydrogens (tertiary/aromatic N) is 2. The van der Waals surface area contributed by atoms with Gasteiger partial charge in [-0.2, -0.15) is 9.78 Å². The minimum absolute atomic E-state index is 0.159. The number of halogens is 1. The molecule has 0 unspecified atom stereocenters. The highest BCUT2D eigenvalue weighted by Gasteiger charge is 2.16. The zero-order chi connectivity index (χ0) is 17.5. The molecule has 1 heterocycles. The summed E-state index contributed by atoms with van der Waals surface area (Å²) >= 11 is 3.32. The molecular formula is C17H20BrN3O3. The molecule has 0 atom stereocenters. The van der Waals surface area contributed by atoms with Crippen LogP contribution in [0.15, 0.2) is 39.6 Å². The Kier molecular flexibility index (Phi) is 6.54. The summed E-state index contributed by atoms with van der Waals surface area (Å²) in [6, 6.07) is 7.93. The van der Waals surface area contributed by atoms with E-state index < -0.39 is 17.2 Å². The van der Waals surface area contributed by atoms with Crippen LogP contribution >= 0.6 is 15.9 Å². The molecular weight excluding hydrogens is 374 g/mol. The fraction of sp³-hybridized carbons (Fsp3) is 0.353. The van der Waals surface area contributed by atoms with Gasteiger partial charge in [0.15, 0.2) is 11.4 Å². The largest absolute Gasteiger partial charge is 0.505 e. The van der Waals surface area contributed by atoms with Crippen molar-refractivity contribution in [3.05, 3.63) is 50.9 Å². The molecule has 1 amide bonds. The summed E-state index contributed by atoms with van der Waals surface area (Å²) in [6.45, 7) is 2.63. The van der Waals surface area contributed by atoms with E-state index in [1.54, 1.807) is 24.3 Å². The predicted octanol–water partition coefficient (Wildman–Crippen LogP) is 3.01. The van der Waals surface area contributed by atoms with E-state index in [0.29, 0.717) is 12.2 Å². The van der Waals surface area contributed by atoms with Gasteiger partial charge in [0.25, 0.3) is 11.5 Å². The highest BCUT2D eigenvalue weighted by molar-refractivity contribution is 9.10. The van der Waals surface area contributed by atoms with Crippen molar-refractivity contribution in [2.45, 2.75) is 32.6 Å². The molecule has 0 fully saturated rings. The maximum Gasteiger partial charge on any atom is 0.275 e. The number of unbranched alkanes of at least 4 members (excludes halogenated alkanes) is 3. The number of hydrogen-bond donors (Lipinski definition) is 2. The number of rotatable bonds is 7. The van der Waals surface area contributed by atoms with Crippen molar-refractivity contribution in [1.82, 2.24) is 15.1 Å². The van der Waals surface area contributed by atoms with Crippen LogP contribution in [0.4, 0.5) is 0 Å². The van der Waals surface area contributed by atoms with Gasteiger partial charge in [0.2, 0.25) is 0 Å². The Hall–Kier alpha value is -2.15. The van der Waals surface area contributed by atoms with Crippen LogP contribution in [0.5, 0.6) is 5.75 Å². The molecule has 0 bridgehead atoms. The Morgan fingerprint density at radius 2 is 1.96 bits per heavy atom. The van der Waals surface area contributed by atoms with Crippen molar-refractivity contribution >= 4 is 21.8 Å². The summed E-state index contributed by atoms with van der Waals surface area (Å²) < 4.78 is 1.96. The number of hydrogen-bond acceptors (Lipinski definition) is 4. The van der Waals surface area contributed by atoms with Crippen molar-refractivity contribution in [3.8, 4) is 11.4 Å². The van der Waals surface area contributed by atoms with Gasteiger partial charge in [0.05, 0.1) is 5.69 Å². The molecule has 0 saturated heterocycles. The van der Waals surface area contributed by atoms with E-state index in [1.807, 2.05) is 0 Å². The first-order valence-corrected chi connectivity index (χ1v) is 8.69. The molecule has 1 aromatic carbocycles. The lowest BCUT2D eigenvalue weighted by atomic mass is 10.2. The van der Waals surface area contributed by atoms with E-state index in [1.165, 1.54) is 0 Å². The molecule has 0 aliphatic carbocycles. The number of amides is 1. The van der Waals surface area contributed by atoms with Crippen LogP contribution in [0.3, 0.4) is 0 Å². The molecule has 0 radical (unpaired) electrons. The molecule has 2 rings (SSSR count). The molecule has 0 aliphatic heterocycles. The predicted molar refractivity (Wildman–Crippen MR) is 95.7 cm³/mol. The maximum atomic E-state index is 12.2. The van der Waals surface area contributed by atoms with Crippen molar-refractivity contribution in [3.63, 3.8) is 0 Å². The standard InChI is InChI=1S/C17H20BrN3O3/c1-2-3-4-5-10-19-17(24)16-14(22)11-15(23)21(20-16)13-8-6-12(18)7-9-13/h6-9,11,22H,2-5,10H2,1H3,(H,19,24). The van der Waals surface area contributed by atoms with Gasteiger partial charge in [-0.25, -0.2) is 0 Å². The highest BCUT2D eigenvalue weighted by Crippen LogP contribution is 2.15. The first-order chi connectivity index (χ1) is 11.5. The summed E-state index contributed by atoms with van der Waals surface area (Å²) in [6.07, 6.45) is 4.14. The normalized spacial score (nSPS) is 10.6. The number of carbonyl (C=O) groups excluding carboxylic acids is 1. The molecule has 6 nitrogen and oxygen atoms in total. The van der Waals surface area contributed by atoms with Gasteiger partial charge < -0.3 is 10.4 Å². The fourth-order valence-corrected chi connectivity index (χ4v) is 2.48. The van der Waals surface area contributed by atoms with Crippen LogP contribution in [-0.4, -0.2) is 27.3 Å². The topological polar surface area (TPSA) is 84.2 Å². The van der Waals surface area contributed by atoms with E-state index in [-0.39, 0.29) is 5.69 Å². The summed E-state index contributed by atoms with van der Waals surface area (Å²) in [5.74, 6) is -0.908. The minimum Gasteiger partial charge on any atom is -0.505 e. The van der Waals surface area contributed by atoms with Gasteiger partial charge in [0, 0.05) is 17.1 Å². The second-order valence-corrected chi connectivity index (χ2v) is 6.34. The lowest BCUT2D eigenvalue weighted by molar-refractivity contribution is 0.0943. The quantitative estimate of drug-likeness (QED) is 0.708.